The van der Waals surface area contributed by atoms with Gasteiger partial charge in [-0.1, -0.05) is 42.5 Å². The molecule has 0 fully saturated rings. The number of aromatic amines is 1. The summed E-state index contributed by atoms with van der Waals surface area (Å²) in [5.74, 6) is -2.21. The van der Waals surface area contributed by atoms with Crippen molar-refractivity contribution in [2.24, 2.45) is 11.5 Å². The second-order valence-electron chi connectivity index (χ2n) is 9.20. The predicted molar refractivity (Wildman–Crippen MR) is 150 cm³/mol. The number of carbonyl (C=O) groups is 4. The van der Waals surface area contributed by atoms with Crippen molar-refractivity contribution in [2.75, 3.05) is 13.2 Å². The fourth-order valence-corrected chi connectivity index (χ4v) is 4.14. The van der Waals surface area contributed by atoms with Gasteiger partial charge in [0.1, 0.15) is 11.9 Å². The molecular weight excluding hydrogens is 514 g/mol. The molecule has 0 saturated heterocycles. The first-order valence-corrected chi connectivity index (χ1v) is 12.9. The van der Waals surface area contributed by atoms with Crippen LogP contribution in [0.5, 0.6) is 0 Å². The molecule has 0 saturated carbocycles. The van der Waals surface area contributed by atoms with Gasteiger partial charge in [0.25, 0.3) is 0 Å². The van der Waals surface area contributed by atoms with Crippen molar-refractivity contribution in [2.45, 2.75) is 44.8 Å². The Balaban J connectivity index is 1.73. The summed E-state index contributed by atoms with van der Waals surface area (Å²) >= 11 is 0. The van der Waals surface area contributed by atoms with Gasteiger partial charge in [0.15, 0.2) is 0 Å². The Morgan fingerprint density at radius 3 is 2.40 bits per heavy atom. The molecule has 0 aliphatic heterocycles. The molecule has 12 nitrogen and oxygen atoms in total. The van der Waals surface area contributed by atoms with Gasteiger partial charge >= 0.3 is 5.97 Å². The number of amides is 3. The maximum Gasteiger partial charge on any atom is 0.319 e. The van der Waals surface area contributed by atoms with Crippen LogP contribution in [0.2, 0.25) is 0 Å². The Bertz CT molecular complexity index is 1350. The quantitative estimate of drug-likeness (QED) is 0.0815. The summed E-state index contributed by atoms with van der Waals surface area (Å²) < 4.78 is 4.98. The highest BCUT2D eigenvalue weighted by atomic mass is 16.5. The number of nitrogens with two attached hydrogens (primary N) is 2. The molecule has 0 radical (unpaired) electrons. The molecule has 9 N–H and O–H groups in total. The lowest BCUT2D eigenvalue weighted by Gasteiger charge is -2.23. The third-order valence-electron chi connectivity index (χ3n) is 6.26. The van der Waals surface area contributed by atoms with E-state index in [1.54, 1.807) is 37.4 Å². The first-order chi connectivity index (χ1) is 19.2. The standard InChI is InChI=1S/C28H35N7O5/c1-2-40-25(37)16-33-23(13-19-15-32-21-6-4-3-5-20(19)21)28(39)35-22(11-12-24(29)36)27(38)34-14-17-7-9-18(10-8-17)26(30)31/h3-10,15,22-23,32-33H,2,11-14,16H2,1H3,(H2,29,36)(H3,30,31)(H,34,38)(H,35,39)/t22-,23+/m0/s1. The van der Waals surface area contributed by atoms with Gasteiger partial charge in [-0.05, 0) is 37.0 Å². The number of nitrogens with one attached hydrogen (secondary N) is 5. The highest BCUT2D eigenvalue weighted by molar-refractivity contribution is 5.95. The minimum Gasteiger partial charge on any atom is -0.465 e. The lowest BCUT2D eigenvalue weighted by molar-refractivity contribution is -0.142. The number of ether oxygens (including phenoxy) is 1. The van der Waals surface area contributed by atoms with E-state index in [2.05, 4.69) is 20.9 Å². The summed E-state index contributed by atoms with van der Waals surface area (Å²) in [6.45, 7) is 1.84. The number of nitrogen functional groups attached to an aromatic ring is 1. The van der Waals surface area contributed by atoms with Crippen molar-refractivity contribution >= 4 is 40.4 Å². The van der Waals surface area contributed by atoms with E-state index in [0.29, 0.717) is 5.56 Å². The zero-order valence-corrected chi connectivity index (χ0v) is 22.3. The number of hydrogen-bond donors (Lipinski definition) is 7. The third kappa shape index (κ3) is 8.67. The molecule has 2 aromatic carbocycles. The SMILES string of the molecule is CCOC(=O)CN[C@H](Cc1c[nH]c2ccccc12)C(=O)N[C@@H](CCC(N)=O)C(=O)NCc1ccc(C(=N)N)cc1. The Morgan fingerprint density at radius 2 is 1.73 bits per heavy atom. The summed E-state index contributed by atoms with van der Waals surface area (Å²) in [5, 5.41) is 16.8. The Kier molecular flexibility index (Phi) is 10.8. The number of carbonyl (C=O) groups excluding carboxylic acids is 4. The Hall–Kier alpha value is -4.71. The van der Waals surface area contributed by atoms with Crippen LogP contribution < -0.4 is 27.4 Å². The van der Waals surface area contributed by atoms with Crippen molar-refractivity contribution in [3.05, 3.63) is 71.4 Å². The van der Waals surface area contributed by atoms with Crippen molar-refractivity contribution in [3.63, 3.8) is 0 Å². The lowest BCUT2D eigenvalue weighted by atomic mass is 10.0. The van der Waals surface area contributed by atoms with Crippen LogP contribution in [0.4, 0.5) is 0 Å². The summed E-state index contributed by atoms with van der Waals surface area (Å²) in [6, 6.07) is 12.5. The van der Waals surface area contributed by atoms with Crippen LogP contribution in [0.25, 0.3) is 10.9 Å². The van der Waals surface area contributed by atoms with Gasteiger partial charge in [0.05, 0.1) is 19.2 Å². The first-order valence-electron chi connectivity index (χ1n) is 12.9. The van der Waals surface area contributed by atoms with E-state index in [4.69, 9.17) is 21.6 Å². The number of esters is 1. The molecule has 3 aromatic rings. The molecule has 40 heavy (non-hydrogen) atoms. The predicted octanol–water partition coefficient (Wildman–Crippen LogP) is 0.582. The molecule has 212 valence electrons. The number of para-hydroxylation sites is 1. The van der Waals surface area contributed by atoms with Gasteiger partial charge in [-0.15, -0.1) is 0 Å². The van der Waals surface area contributed by atoms with Crippen molar-refractivity contribution < 1.29 is 23.9 Å². The van der Waals surface area contributed by atoms with Gasteiger partial charge in [-0.25, -0.2) is 0 Å². The number of fused-ring (bicyclic) bond motifs is 1. The normalized spacial score (nSPS) is 12.3. The fraction of sp³-hybridized carbons (Fsp3) is 0.321. The van der Waals surface area contributed by atoms with Gasteiger partial charge in [-0.3, -0.25) is 29.9 Å². The number of primary amides is 1. The van der Waals surface area contributed by atoms with E-state index in [-0.39, 0.29) is 44.8 Å². The molecule has 0 aliphatic rings. The topological polar surface area (TPSA) is 205 Å². The van der Waals surface area contributed by atoms with Crippen LogP contribution >= 0.6 is 0 Å². The van der Waals surface area contributed by atoms with Gasteiger partial charge in [-0.2, -0.15) is 0 Å². The minimum atomic E-state index is -1.05. The zero-order chi connectivity index (χ0) is 29.1. The minimum absolute atomic E-state index is 0.00609. The molecule has 2 atom stereocenters. The van der Waals surface area contributed by atoms with E-state index in [9.17, 15) is 19.2 Å². The van der Waals surface area contributed by atoms with Gasteiger partial charge in [0.2, 0.25) is 17.7 Å². The maximum absolute atomic E-state index is 13.4. The summed E-state index contributed by atoms with van der Waals surface area (Å²) in [7, 11) is 0. The summed E-state index contributed by atoms with van der Waals surface area (Å²) in [4.78, 5) is 53.2. The number of H-pyrrole nitrogens is 1. The molecule has 0 bridgehead atoms. The van der Waals surface area contributed by atoms with E-state index in [1.807, 2.05) is 24.3 Å². The molecule has 12 heteroatoms. The average Bonchev–Trinajstić information content (AvgIpc) is 3.34. The average molecular weight is 550 g/mol. The van der Waals surface area contributed by atoms with Crippen LogP contribution in [0.15, 0.2) is 54.7 Å². The first kappa shape index (κ1) is 29.8. The highest BCUT2D eigenvalue weighted by Gasteiger charge is 2.27. The monoisotopic (exact) mass is 549 g/mol. The van der Waals surface area contributed by atoms with Gasteiger partial charge < -0.3 is 31.8 Å². The van der Waals surface area contributed by atoms with Crippen LogP contribution in [0.3, 0.4) is 0 Å². The Labute approximate surface area is 231 Å². The molecule has 3 rings (SSSR count). The van der Waals surface area contributed by atoms with Crippen molar-refractivity contribution in [1.82, 2.24) is 20.9 Å². The number of amidine groups is 1. The maximum atomic E-state index is 13.4. The second kappa shape index (κ2) is 14.4. The van der Waals surface area contributed by atoms with Crippen molar-refractivity contribution in [1.29, 1.82) is 5.41 Å². The number of aromatic nitrogens is 1. The van der Waals surface area contributed by atoms with E-state index < -0.39 is 35.8 Å². The lowest BCUT2D eigenvalue weighted by Crippen LogP contribution is -2.54. The molecular formula is C28H35N7O5. The van der Waals surface area contributed by atoms with E-state index in [1.165, 1.54) is 0 Å². The molecule has 0 aliphatic carbocycles. The number of hydrogen-bond acceptors (Lipinski definition) is 7. The zero-order valence-electron chi connectivity index (χ0n) is 22.3. The van der Waals surface area contributed by atoms with Crippen molar-refractivity contribution in [3.8, 4) is 0 Å². The number of benzene rings is 2. The van der Waals surface area contributed by atoms with E-state index in [0.717, 1.165) is 22.0 Å². The molecule has 1 aromatic heterocycles. The second-order valence-corrected chi connectivity index (χ2v) is 9.20. The number of rotatable bonds is 15. The summed E-state index contributed by atoms with van der Waals surface area (Å²) in [6.07, 6.45) is 1.90. The Morgan fingerprint density at radius 1 is 1.00 bits per heavy atom. The van der Waals surface area contributed by atoms with Crippen LogP contribution in [-0.2, 0) is 36.9 Å². The smallest absolute Gasteiger partial charge is 0.319 e. The van der Waals surface area contributed by atoms with E-state index >= 15 is 0 Å². The van der Waals surface area contributed by atoms with Crippen LogP contribution in [-0.4, -0.2) is 59.7 Å². The van der Waals surface area contributed by atoms with Crippen LogP contribution in [0, 0.1) is 5.41 Å². The van der Waals surface area contributed by atoms with Crippen LogP contribution in [0.1, 0.15) is 36.5 Å². The molecule has 3 amide bonds. The molecule has 0 spiro atoms. The summed E-state index contributed by atoms with van der Waals surface area (Å²) in [5.41, 5.74) is 13.8. The fourth-order valence-electron chi connectivity index (χ4n) is 4.14. The third-order valence-corrected chi connectivity index (χ3v) is 6.26. The van der Waals surface area contributed by atoms with Gasteiger partial charge in [0, 0.05) is 35.6 Å². The highest BCUT2D eigenvalue weighted by Crippen LogP contribution is 2.19. The largest absolute Gasteiger partial charge is 0.465 e. The molecule has 0 unspecified atom stereocenters. The molecule has 1 heterocycles.